The Morgan fingerprint density at radius 2 is 2.06 bits per heavy atom. The molecule has 0 aliphatic heterocycles. The molecule has 0 atom stereocenters. The molecule has 16 heavy (non-hydrogen) atoms. The number of nitrogens with zero attached hydrogens (tertiary/aromatic N) is 1. The lowest BCUT2D eigenvalue weighted by Crippen LogP contribution is -2.14. The number of methoxy groups -OCH3 is 1. The molecule has 84 valence electrons. The zero-order valence-electron chi connectivity index (χ0n) is 9.15. The van der Waals surface area contributed by atoms with Gasteiger partial charge in [-0.1, -0.05) is 12.1 Å². The Morgan fingerprint density at radius 1 is 1.31 bits per heavy atom. The number of ether oxygens (including phenoxy) is 1. The Balaban J connectivity index is 2.34. The zero-order valence-corrected chi connectivity index (χ0v) is 9.15. The van der Waals surface area contributed by atoms with Crippen molar-refractivity contribution >= 4 is 11.4 Å². The van der Waals surface area contributed by atoms with Gasteiger partial charge in [-0.15, -0.1) is 0 Å². The van der Waals surface area contributed by atoms with Gasteiger partial charge in [0.1, 0.15) is 11.4 Å². The highest BCUT2D eigenvalue weighted by Crippen LogP contribution is 2.25. The summed E-state index contributed by atoms with van der Waals surface area (Å²) in [7, 11) is 3.26. The highest BCUT2D eigenvalue weighted by molar-refractivity contribution is 5.65. The van der Waals surface area contributed by atoms with Gasteiger partial charge >= 0.3 is 0 Å². The normalized spacial score (nSPS) is 10.1. The van der Waals surface area contributed by atoms with Crippen molar-refractivity contribution < 1.29 is 4.74 Å². The van der Waals surface area contributed by atoms with Crippen LogP contribution in [0.25, 0.3) is 0 Å². The smallest absolute Gasteiger partial charge is 0.289 e. The lowest BCUT2D eigenvalue weighted by Gasteiger charge is -2.08. The van der Waals surface area contributed by atoms with Crippen molar-refractivity contribution in [3.63, 3.8) is 0 Å². The maximum absolute atomic E-state index is 11.6. The fourth-order valence-corrected chi connectivity index (χ4v) is 1.44. The van der Waals surface area contributed by atoms with E-state index in [0.29, 0.717) is 11.4 Å². The van der Waals surface area contributed by atoms with Gasteiger partial charge in [-0.05, 0) is 12.1 Å². The number of aromatic amines is 1. The summed E-state index contributed by atoms with van der Waals surface area (Å²) in [5.74, 6) is 0.700. The van der Waals surface area contributed by atoms with E-state index in [-0.39, 0.29) is 5.56 Å². The molecule has 0 saturated carbocycles. The number of rotatable bonds is 3. The van der Waals surface area contributed by atoms with Crippen LogP contribution in [0.4, 0.5) is 11.4 Å². The standard InChI is InChI=1S/C11H13N3O2/c1-14-11(15)9(7-12-14)13-8-5-3-4-6-10(8)16-2/h3-7,12-13H,1-2H3. The second-order valence-electron chi connectivity index (χ2n) is 3.38. The van der Waals surface area contributed by atoms with E-state index in [1.165, 1.54) is 4.68 Å². The summed E-state index contributed by atoms with van der Waals surface area (Å²) < 4.78 is 6.58. The maximum Gasteiger partial charge on any atom is 0.289 e. The summed E-state index contributed by atoms with van der Waals surface area (Å²) in [6.45, 7) is 0. The van der Waals surface area contributed by atoms with Gasteiger partial charge in [0.2, 0.25) is 0 Å². The monoisotopic (exact) mass is 219 g/mol. The largest absolute Gasteiger partial charge is 0.495 e. The molecule has 0 amide bonds. The Labute approximate surface area is 92.7 Å². The Bertz CT molecular complexity index is 542. The molecule has 0 bridgehead atoms. The van der Waals surface area contributed by atoms with Crippen LogP contribution in [-0.4, -0.2) is 16.9 Å². The molecule has 0 radical (unpaired) electrons. The van der Waals surface area contributed by atoms with Crippen LogP contribution in [0, 0.1) is 0 Å². The minimum absolute atomic E-state index is 0.106. The first kappa shape index (κ1) is 10.4. The lowest BCUT2D eigenvalue weighted by molar-refractivity contribution is 0.417. The van der Waals surface area contributed by atoms with Crippen LogP contribution in [0.3, 0.4) is 0 Å². The van der Waals surface area contributed by atoms with E-state index in [4.69, 9.17) is 4.74 Å². The molecule has 1 heterocycles. The average Bonchev–Trinajstić information content (AvgIpc) is 2.62. The first-order valence-corrected chi connectivity index (χ1v) is 4.87. The van der Waals surface area contributed by atoms with Crippen molar-refractivity contribution in [3.05, 3.63) is 40.8 Å². The molecular weight excluding hydrogens is 206 g/mol. The number of nitrogens with one attached hydrogen (secondary N) is 2. The topological polar surface area (TPSA) is 59.0 Å². The summed E-state index contributed by atoms with van der Waals surface area (Å²) in [5.41, 5.74) is 1.15. The summed E-state index contributed by atoms with van der Waals surface area (Å²) in [5, 5.41) is 5.82. The first-order chi connectivity index (χ1) is 7.72. The third kappa shape index (κ3) is 1.79. The first-order valence-electron chi connectivity index (χ1n) is 4.87. The van der Waals surface area contributed by atoms with Crippen molar-refractivity contribution in [1.29, 1.82) is 0 Å². The molecule has 2 N–H and O–H groups in total. The number of aryl methyl sites for hydroxylation is 1. The van der Waals surface area contributed by atoms with Gasteiger partial charge in [0, 0.05) is 13.2 Å². The van der Waals surface area contributed by atoms with Crippen molar-refractivity contribution in [2.24, 2.45) is 7.05 Å². The number of anilines is 2. The van der Waals surface area contributed by atoms with E-state index >= 15 is 0 Å². The van der Waals surface area contributed by atoms with Crippen LogP contribution in [0.5, 0.6) is 5.75 Å². The molecule has 0 aliphatic carbocycles. The number of hydrogen-bond acceptors (Lipinski definition) is 3. The van der Waals surface area contributed by atoms with Crippen LogP contribution < -0.4 is 15.6 Å². The fraction of sp³-hybridized carbons (Fsp3) is 0.182. The number of para-hydroxylation sites is 2. The SMILES string of the molecule is COc1ccccc1Nc1c[nH]n(C)c1=O. The Morgan fingerprint density at radius 3 is 2.69 bits per heavy atom. The molecule has 0 fully saturated rings. The van der Waals surface area contributed by atoms with Crippen molar-refractivity contribution in [2.75, 3.05) is 12.4 Å². The molecule has 0 spiro atoms. The summed E-state index contributed by atoms with van der Waals surface area (Å²) in [6, 6.07) is 7.44. The van der Waals surface area contributed by atoms with Crippen LogP contribution in [-0.2, 0) is 7.05 Å². The molecule has 0 unspecified atom stereocenters. The van der Waals surface area contributed by atoms with Gasteiger partial charge in [-0.3, -0.25) is 9.48 Å². The van der Waals surface area contributed by atoms with Crippen LogP contribution in [0.15, 0.2) is 35.3 Å². The van der Waals surface area contributed by atoms with Gasteiger partial charge < -0.3 is 15.2 Å². The van der Waals surface area contributed by atoms with Crippen LogP contribution in [0.2, 0.25) is 0 Å². The second-order valence-corrected chi connectivity index (χ2v) is 3.38. The molecule has 1 aromatic heterocycles. The minimum Gasteiger partial charge on any atom is -0.495 e. The molecular formula is C11H13N3O2. The predicted octanol–water partition coefficient (Wildman–Crippen LogP) is 1.47. The molecule has 0 aliphatic rings. The number of hydrogen-bond donors (Lipinski definition) is 2. The summed E-state index contributed by atoms with van der Waals surface area (Å²) in [4.78, 5) is 11.6. The van der Waals surface area contributed by atoms with Crippen molar-refractivity contribution in [1.82, 2.24) is 9.78 Å². The van der Waals surface area contributed by atoms with Gasteiger partial charge in [0.25, 0.3) is 5.56 Å². The highest BCUT2D eigenvalue weighted by atomic mass is 16.5. The molecule has 5 heteroatoms. The van der Waals surface area contributed by atoms with E-state index in [0.717, 1.165) is 5.69 Å². The zero-order chi connectivity index (χ0) is 11.5. The van der Waals surface area contributed by atoms with E-state index < -0.39 is 0 Å². The van der Waals surface area contributed by atoms with E-state index in [2.05, 4.69) is 10.4 Å². The van der Waals surface area contributed by atoms with Crippen LogP contribution in [0.1, 0.15) is 0 Å². The third-order valence-electron chi connectivity index (χ3n) is 2.31. The van der Waals surface area contributed by atoms with Gasteiger partial charge in [-0.2, -0.15) is 0 Å². The molecule has 0 saturated heterocycles. The molecule has 2 rings (SSSR count). The highest BCUT2D eigenvalue weighted by Gasteiger charge is 2.06. The molecule has 5 nitrogen and oxygen atoms in total. The maximum atomic E-state index is 11.6. The second kappa shape index (κ2) is 4.14. The predicted molar refractivity (Wildman–Crippen MR) is 62.3 cm³/mol. The van der Waals surface area contributed by atoms with E-state index in [1.54, 1.807) is 20.4 Å². The quantitative estimate of drug-likeness (QED) is 0.821. The van der Waals surface area contributed by atoms with Gasteiger partial charge in [0.05, 0.1) is 12.8 Å². The summed E-state index contributed by atoms with van der Waals surface area (Å²) in [6.07, 6.45) is 1.62. The minimum atomic E-state index is -0.106. The number of aromatic nitrogens is 2. The van der Waals surface area contributed by atoms with Gasteiger partial charge in [-0.25, -0.2) is 0 Å². The van der Waals surface area contributed by atoms with Gasteiger partial charge in [0.15, 0.2) is 0 Å². The van der Waals surface area contributed by atoms with Crippen molar-refractivity contribution in [2.45, 2.75) is 0 Å². The van der Waals surface area contributed by atoms with Crippen molar-refractivity contribution in [3.8, 4) is 5.75 Å². The third-order valence-corrected chi connectivity index (χ3v) is 2.31. The average molecular weight is 219 g/mol. The summed E-state index contributed by atoms with van der Waals surface area (Å²) >= 11 is 0. The number of H-pyrrole nitrogens is 1. The van der Waals surface area contributed by atoms with Crippen LogP contribution >= 0.6 is 0 Å². The Hall–Kier alpha value is -2.17. The number of benzene rings is 1. The Kier molecular flexibility index (Phi) is 2.68. The van der Waals surface area contributed by atoms with E-state index in [9.17, 15) is 4.79 Å². The molecule has 1 aromatic carbocycles. The lowest BCUT2D eigenvalue weighted by atomic mass is 10.3. The fourth-order valence-electron chi connectivity index (χ4n) is 1.44. The molecule has 2 aromatic rings. The van der Waals surface area contributed by atoms with E-state index in [1.807, 2.05) is 24.3 Å².